The molecule has 1 rings (SSSR count). The van der Waals surface area contributed by atoms with Gasteiger partial charge >= 0.3 is 5.97 Å². The molecule has 0 aliphatic carbocycles. The van der Waals surface area contributed by atoms with Gasteiger partial charge in [-0.05, 0) is 24.6 Å². The summed E-state index contributed by atoms with van der Waals surface area (Å²) in [6, 6.07) is 7.81. The predicted molar refractivity (Wildman–Crippen MR) is 57.9 cm³/mol. The summed E-state index contributed by atoms with van der Waals surface area (Å²) in [5, 5.41) is 0. The molecule has 0 unspecified atom stereocenters. The van der Waals surface area contributed by atoms with Crippen LogP contribution in [0.2, 0.25) is 0 Å². The number of ether oxygens (including phenoxy) is 2. The van der Waals surface area contributed by atoms with Crippen molar-refractivity contribution in [1.29, 1.82) is 0 Å². The Balaban J connectivity index is 2.39. The Hall–Kier alpha value is -1.51. The number of esters is 1. The highest BCUT2D eigenvalue weighted by Crippen LogP contribution is 2.12. The van der Waals surface area contributed by atoms with Gasteiger partial charge in [0.2, 0.25) is 0 Å². The van der Waals surface area contributed by atoms with Crippen LogP contribution >= 0.6 is 0 Å². The molecule has 0 atom stereocenters. The monoisotopic (exact) mass is 208 g/mol. The quantitative estimate of drug-likeness (QED) is 0.696. The second-order valence-corrected chi connectivity index (χ2v) is 3.17. The molecule has 0 fully saturated rings. The van der Waals surface area contributed by atoms with Gasteiger partial charge in [0.25, 0.3) is 0 Å². The maximum atomic E-state index is 10.5. The number of carbonyl (C=O) groups is 1. The normalized spacial score (nSPS) is 9.73. The minimum atomic E-state index is -0.235. The van der Waals surface area contributed by atoms with Gasteiger partial charge < -0.3 is 9.47 Å². The first kappa shape index (κ1) is 11.6. The molecule has 0 amide bonds. The average Bonchev–Trinajstić information content (AvgIpc) is 2.20. The summed E-state index contributed by atoms with van der Waals surface area (Å²) in [5.41, 5.74) is 1.14. The molecule has 0 radical (unpaired) electrons. The van der Waals surface area contributed by atoms with E-state index in [0.29, 0.717) is 13.2 Å². The molecule has 0 spiro atoms. The van der Waals surface area contributed by atoms with Gasteiger partial charge in [0.15, 0.2) is 0 Å². The molecule has 3 nitrogen and oxygen atoms in total. The molecule has 0 heterocycles. The van der Waals surface area contributed by atoms with E-state index in [1.54, 1.807) is 0 Å². The van der Waals surface area contributed by atoms with Crippen molar-refractivity contribution in [3.63, 3.8) is 0 Å². The summed E-state index contributed by atoms with van der Waals surface area (Å²) in [6.45, 7) is 4.48. The summed E-state index contributed by atoms with van der Waals surface area (Å²) >= 11 is 0. The van der Waals surface area contributed by atoms with Gasteiger partial charge in [0.1, 0.15) is 5.75 Å². The Morgan fingerprint density at radius 3 is 2.47 bits per heavy atom. The van der Waals surface area contributed by atoms with Crippen LogP contribution < -0.4 is 4.74 Å². The highest BCUT2D eigenvalue weighted by Gasteiger charge is 1.97. The van der Waals surface area contributed by atoms with E-state index in [-0.39, 0.29) is 5.97 Å². The standard InChI is InChI=1S/C12H16O3/c1-3-14-12-6-4-11(5-7-12)8-9-15-10(2)13/h4-7H,3,8-9H2,1-2H3. The van der Waals surface area contributed by atoms with Crippen LogP contribution in [-0.2, 0) is 16.0 Å². The second-order valence-electron chi connectivity index (χ2n) is 3.17. The van der Waals surface area contributed by atoms with Crippen molar-refractivity contribution in [2.45, 2.75) is 20.3 Å². The van der Waals surface area contributed by atoms with Crippen molar-refractivity contribution in [2.75, 3.05) is 13.2 Å². The topological polar surface area (TPSA) is 35.5 Å². The molecule has 15 heavy (non-hydrogen) atoms. The molecule has 3 heteroatoms. The summed E-state index contributed by atoms with van der Waals surface area (Å²) in [7, 11) is 0. The predicted octanol–water partition coefficient (Wildman–Crippen LogP) is 2.19. The van der Waals surface area contributed by atoms with E-state index >= 15 is 0 Å². The molecule has 0 aromatic heterocycles. The number of rotatable bonds is 5. The Kier molecular flexibility index (Phi) is 4.68. The molecule has 0 saturated heterocycles. The van der Waals surface area contributed by atoms with E-state index in [0.717, 1.165) is 17.7 Å². The average molecular weight is 208 g/mol. The van der Waals surface area contributed by atoms with Crippen molar-refractivity contribution in [3.05, 3.63) is 29.8 Å². The number of carbonyl (C=O) groups excluding carboxylic acids is 1. The Morgan fingerprint density at radius 1 is 1.27 bits per heavy atom. The van der Waals surface area contributed by atoms with Crippen molar-refractivity contribution < 1.29 is 14.3 Å². The zero-order chi connectivity index (χ0) is 11.1. The van der Waals surface area contributed by atoms with Crippen molar-refractivity contribution >= 4 is 5.97 Å². The number of benzene rings is 1. The zero-order valence-electron chi connectivity index (χ0n) is 9.16. The third-order valence-corrected chi connectivity index (χ3v) is 1.93. The Bertz CT molecular complexity index is 303. The number of hydrogen-bond acceptors (Lipinski definition) is 3. The summed E-state index contributed by atoms with van der Waals surface area (Å²) in [4.78, 5) is 10.5. The molecule has 0 N–H and O–H groups in total. The number of hydrogen-bond donors (Lipinski definition) is 0. The van der Waals surface area contributed by atoms with Crippen LogP contribution in [0, 0.1) is 0 Å². The molecular weight excluding hydrogens is 192 g/mol. The summed E-state index contributed by atoms with van der Waals surface area (Å²) in [6.07, 6.45) is 0.742. The lowest BCUT2D eigenvalue weighted by Gasteiger charge is -2.05. The largest absolute Gasteiger partial charge is 0.494 e. The van der Waals surface area contributed by atoms with Gasteiger partial charge in [-0.25, -0.2) is 0 Å². The lowest BCUT2D eigenvalue weighted by molar-refractivity contribution is -0.140. The van der Waals surface area contributed by atoms with E-state index in [1.807, 2.05) is 31.2 Å². The maximum absolute atomic E-state index is 10.5. The van der Waals surface area contributed by atoms with Crippen LogP contribution in [0.5, 0.6) is 5.75 Å². The van der Waals surface area contributed by atoms with Crippen LogP contribution in [0.3, 0.4) is 0 Å². The van der Waals surface area contributed by atoms with E-state index in [2.05, 4.69) is 0 Å². The van der Waals surface area contributed by atoms with Gasteiger partial charge in [-0.3, -0.25) is 4.79 Å². The third-order valence-electron chi connectivity index (χ3n) is 1.93. The molecule has 0 aliphatic heterocycles. The first-order chi connectivity index (χ1) is 7.22. The van der Waals surface area contributed by atoms with Crippen LogP contribution in [-0.4, -0.2) is 19.2 Å². The summed E-state index contributed by atoms with van der Waals surface area (Å²) in [5.74, 6) is 0.634. The van der Waals surface area contributed by atoms with Crippen molar-refractivity contribution in [3.8, 4) is 5.75 Å². The zero-order valence-corrected chi connectivity index (χ0v) is 9.16. The minimum Gasteiger partial charge on any atom is -0.494 e. The molecule has 0 aliphatic rings. The first-order valence-corrected chi connectivity index (χ1v) is 5.07. The van der Waals surface area contributed by atoms with Crippen LogP contribution in [0.15, 0.2) is 24.3 Å². The highest BCUT2D eigenvalue weighted by atomic mass is 16.5. The van der Waals surface area contributed by atoms with Crippen LogP contribution in [0.4, 0.5) is 0 Å². The second kappa shape index (κ2) is 6.06. The molecular formula is C12H16O3. The molecule has 0 bridgehead atoms. The molecule has 1 aromatic carbocycles. The van der Waals surface area contributed by atoms with Crippen molar-refractivity contribution in [1.82, 2.24) is 0 Å². The lowest BCUT2D eigenvalue weighted by Crippen LogP contribution is -2.03. The van der Waals surface area contributed by atoms with Gasteiger partial charge in [-0.1, -0.05) is 12.1 Å². The van der Waals surface area contributed by atoms with Gasteiger partial charge in [-0.15, -0.1) is 0 Å². The smallest absolute Gasteiger partial charge is 0.302 e. The fraction of sp³-hybridized carbons (Fsp3) is 0.417. The third kappa shape index (κ3) is 4.49. The van der Waals surface area contributed by atoms with E-state index < -0.39 is 0 Å². The highest BCUT2D eigenvalue weighted by molar-refractivity contribution is 5.65. The summed E-state index contributed by atoms with van der Waals surface area (Å²) < 4.78 is 10.2. The molecule has 1 aromatic rings. The van der Waals surface area contributed by atoms with Crippen LogP contribution in [0.1, 0.15) is 19.4 Å². The van der Waals surface area contributed by atoms with E-state index in [1.165, 1.54) is 6.92 Å². The van der Waals surface area contributed by atoms with Crippen molar-refractivity contribution in [2.24, 2.45) is 0 Å². The molecule has 0 saturated carbocycles. The molecule has 82 valence electrons. The van der Waals surface area contributed by atoms with Gasteiger partial charge in [0.05, 0.1) is 13.2 Å². The maximum Gasteiger partial charge on any atom is 0.302 e. The van der Waals surface area contributed by atoms with E-state index in [4.69, 9.17) is 9.47 Å². The first-order valence-electron chi connectivity index (χ1n) is 5.07. The fourth-order valence-corrected chi connectivity index (χ4v) is 1.23. The minimum absolute atomic E-state index is 0.235. The fourth-order valence-electron chi connectivity index (χ4n) is 1.23. The van der Waals surface area contributed by atoms with Gasteiger partial charge in [0, 0.05) is 13.3 Å². The Morgan fingerprint density at radius 2 is 1.93 bits per heavy atom. The van der Waals surface area contributed by atoms with E-state index in [9.17, 15) is 4.79 Å². The lowest BCUT2D eigenvalue weighted by atomic mass is 10.1. The Labute approximate surface area is 90.0 Å². The van der Waals surface area contributed by atoms with Crippen LogP contribution in [0.25, 0.3) is 0 Å². The van der Waals surface area contributed by atoms with Gasteiger partial charge in [-0.2, -0.15) is 0 Å². The SMILES string of the molecule is CCOc1ccc(CCOC(C)=O)cc1.